The van der Waals surface area contributed by atoms with Crippen LogP contribution in [0.2, 0.25) is 0 Å². The lowest BCUT2D eigenvalue weighted by atomic mass is 9.87. The molecule has 17 heteroatoms. The number of likely N-dealkylation sites (tertiary alicyclic amines) is 2. The van der Waals surface area contributed by atoms with E-state index in [1.54, 1.807) is 29.2 Å². The van der Waals surface area contributed by atoms with E-state index in [1.807, 2.05) is 49.5 Å². The Balaban J connectivity index is 0.000000163. The van der Waals surface area contributed by atoms with E-state index >= 15 is 0 Å². The second-order valence-corrected chi connectivity index (χ2v) is 22.0. The summed E-state index contributed by atoms with van der Waals surface area (Å²) in [5, 5.41) is 4.71. The van der Waals surface area contributed by atoms with Crippen LogP contribution in [0.15, 0.2) is 77.9 Å². The number of pyridine rings is 1. The molecule has 2 N–H and O–H groups in total. The first-order chi connectivity index (χ1) is 36.8. The van der Waals surface area contributed by atoms with Gasteiger partial charge in [-0.15, -0.1) is 0 Å². The summed E-state index contributed by atoms with van der Waals surface area (Å²) in [6, 6.07) is 21.7. The average molecular weight is 1030 g/mol. The quantitative estimate of drug-likeness (QED) is 0.104. The van der Waals surface area contributed by atoms with Crippen LogP contribution in [-0.4, -0.2) is 136 Å². The van der Waals surface area contributed by atoms with Crippen molar-refractivity contribution in [3.63, 3.8) is 0 Å². The molecule has 4 saturated heterocycles. The molecule has 17 nitrogen and oxygen atoms in total. The van der Waals surface area contributed by atoms with Crippen molar-refractivity contribution in [2.45, 2.75) is 152 Å². The molecule has 0 spiro atoms. The second kappa shape index (κ2) is 21.6. The number of benzene rings is 3. The van der Waals surface area contributed by atoms with Crippen molar-refractivity contribution in [2.75, 3.05) is 33.3 Å². The SMILES string of the molecule is CC=Nc1cc(C2CN(C3CCCC3Oc3ccc4c(c3)CN(C3CCC(=O)NC3=O)C4=O)C2)ccc1C(C)C.COc1cc(C2CN(C3CCCC3Oc3ccc4c(c3)CN(C3CCC(=O)NC3=O)C4=O)C2)ccn1. The van der Waals surface area contributed by atoms with E-state index in [2.05, 4.69) is 68.5 Å². The highest BCUT2D eigenvalue weighted by molar-refractivity contribution is 6.06. The summed E-state index contributed by atoms with van der Waals surface area (Å²) >= 11 is 0. The van der Waals surface area contributed by atoms with Gasteiger partial charge in [-0.1, -0.05) is 26.0 Å². The third-order valence-electron chi connectivity index (χ3n) is 17.0. The summed E-state index contributed by atoms with van der Waals surface area (Å²) in [6.45, 7) is 11.2. The third-order valence-corrected chi connectivity index (χ3v) is 17.0. The molecule has 6 fully saturated rings. The molecule has 1 aromatic heterocycles. The molecule has 8 aliphatic rings. The van der Waals surface area contributed by atoms with Crippen LogP contribution < -0.4 is 24.8 Å². The van der Waals surface area contributed by atoms with Gasteiger partial charge in [-0.3, -0.25) is 54.2 Å². The molecule has 0 bridgehead atoms. The number of rotatable bonds is 13. The Kier molecular flexibility index (Phi) is 14.5. The highest BCUT2D eigenvalue weighted by atomic mass is 16.5. The predicted octanol–water partition coefficient (Wildman–Crippen LogP) is 6.94. The first kappa shape index (κ1) is 51.1. The number of nitrogens with one attached hydrogen (secondary N) is 2. The van der Waals surface area contributed by atoms with Crippen molar-refractivity contribution in [3.05, 3.63) is 112 Å². The molecule has 6 aliphatic heterocycles. The number of nitrogens with zero attached hydrogens (tertiary/aromatic N) is 6. The van der Waals surface area contributed by atoms with Gasteiger partial charge in [-0.05, 0) is 141 Å². The van der Waals surface area contributed by atoms with Crippen LogP contribution in [0.1, 0.15) is 151 Å². The standard InChI is InChI=1S/C32H38N4O4.C27H30N4O5/c1-4-33-26-15-20(8-10-24(26)19(2)3)22-16-35(17-22)27-6-5-7-29(27)40-23-9-11-25-21(14-23)18-36(32(25)39)28-12-13-30(37)34-31(28)38;1-35-25-12-16(9-10-28-25)18-13-30(14-18)21-3-2-4-23(21)36-19-5-6-20-17(11-19)15-31(27(20)34)22-7-8-24(32)29-26(22)33/h4,8-11,14-15,19,22,27-29H,5-7,12-13,16-18H2,1-3H3,(H,34,37,38);5-6,9-12,18,21-23H,2-4,7-8,13-15H2,1H3,(H,29,32,33). The maximum Gasteiger partial charge on any atom is 0.255 e. The van der Waals surface area contributed by atoms with E-state index in [1.165, 1.54) is 16.7 Å². The fourth-order valence-corrected chi connectivity index (χ4v) is 12.9. The summed E-state index contributed by atoms with van der Waals surface area (Å²) in [7, 11) is 1.64. The van der Waals surface area contributed by atoms with Gasteiger partial charge in [-0.2, -0.15) is 0 Å². The molecular formula is C59H68N8O9. The molecule has 0 radical (unpaired) electrons. The van der Waals surface area contributed by atoms with Crippen molar-refractivity contribution < 1.29 is 43.0 Å². The number of hydrogen-bond donors (Lipinski definition) is 2. The molecule has 3 aromatic carbocycles. The molecule has 2 aliphatic carbocycles. The number of imide groups is 2. The number of fused-ring (bicyclic) bond motifs is 2. The van der Waals surface area contributed by atoms with Crippen molar-refractivity contribution in [3.8, 4) is 17.4 Å². The van der Waals surface area contributed by atoms with E-state index in [9.17, 15) is 28.8 Å². The predicted molar refractivity (Wildman–Crippen MR) is 283 cm³/mol. The fourth-order valence-electron chi connectivity index (χ4n) is 12.9. The Morgan fingerprint density at radius 1 is 0.632 bits per heavy atom. The Hall–Kier alpha value is -6.98. The number of aromatic nitrogens is 1. The van der Waals surface area contributed by atoms with Gasteiger partial charge >= 0.3 is 0 Å². The van der Waals surface area contributed by atoms with Crippen LogP contribution in [0.25, 0.3) is 0 Å². The van der Waals surface area contributed by atoms with E-state index in [0.717, 1.165) is 93.0 Å². The van der Waals surface area contributed by atoms with Crippen LogP contribution >= 0.6 is 0 Å². The van der Waals surface area contributed by atoms with Gasteiger partial charge in [0.25, 0.3) is 11.8 Å². The first-order valence-electron chi connectivity index (χ1n) is 27.3. The molecule has 398 valence electrons. The van der Waals surface area contributed by atoms with Gasteiger partial charge < -0.3 is 24.0 Å². The highest BCUT2D eigenvalue weighted by Gasteiger charge is 2.44. The average Bonchev–Trinajstić information content (AvgIpc) is 4.18. The van der Waals surface area contributed by atoms with Gasteiger partial charge in [0.15, 0.2) is 0 Å². The Bertz CT molecular complexity index is 2970. The summed E-state index contributed by atoms with van der Waals surface area (Å²) in [4.78, 5) is 90.8. The molecule has 2 saturated carbocycles. The molecule has 7 heterocycles. The van der Waals surface area contributed by atoms with Gasteiger partial charge in [0, 0.05) is 106 Å². The first-order valence-corrected chi connectivity index (χ1v) is 27.3. The number of piperidine rings is 2. The van der Waals surface area contributed by atoms with E-state index in [0.29, 0.717) is 72.8 Å². The van der Waals surface area contributed by atoms with Crippen LogP contribution in [0.5, 0.6) is 17.4 Å². The van der Waals surface area contributed by atoms with Gasteiger partial charge in [-0.25, -0.2) is 4.98 Å². The number of hydrogen-bond acceptors (Lipinski definition) is 13. The van der Waals surface area contributed by atoms with Gasteiger partial charge in [0.2, 0.25) is 29.5 Å². The fraction of sp³-hybridized carbons (Fsp3) is 0.492. The van der Waals surface area contributed by atoms with E-state index < -0.39 is 18.0 Å². The molecular weight excluding hydrogens is 965 g/mol. The summed E-state index contributed by atoms with van der Waals surface area (Å²) in [6.07, 6.45) is 11.7. The summed E-state index contributed by atoms with van der Waals surface area (Å²) in [5.41, 5.74) is 7.96. The van der Waals surface area contributed by atoms with Crippen molar-refractivity contribution in [2.24, 2.45) is 4.99 Å². The lowest BCUT2D eigenvalue weighted by Gasteiger charge is -2.45. The normalized spacial score (nSPS) is 26.0. The largest absolute Gasteiger partial charge is 0.489 e. The molecule has 12 rings (SSSR count). The van der Waals surface area contributed by atoms with Crippen molar-refractivity contribution >= 4 is 47.3 Å². The lowest BCUT2D eigenvalue weighted by molar-refractivity contribution is -0.138. The smallest absolute Gasteiger partial charge is 0.255 e. The van der Waals surface area contributed by atoms with Crippen LogP contribution in [0, 0.1) is 0 Å². The van der Waals surface area contributed by atoms with Crippen LogP contribution in [-0.2, 0) is 32.3 Å². The number of carbonyl (C=O) groups excluding carboxylic acids is 6. The number of methoxy groups -OCH3 is 1. The van der Waals surface area contributed by atoms with E-state index in [-0.39, 0.29) is 54.6 Å². The number of ether oxygens (including phenoxy) is 3. The number of aliphatic imine (C=N–C) groups is 1. The molecule has 6 unspecified atom stereocenters. The number of carbonyl (C=O) groups is 6. The Morgan fingerprint density at radius 3 is 1.62 bits per heavy atom. The van der Waals surface area contributed by atoms with Gasteiger partial charge in [0.05, 0.1) is 12.8 Å². The Labute approximate surface area is 443 Å². The lowest BCUT2D eigenvalue weighted by Crippen LogP contribution is -2.54. The highest BCUT2D eigenvalue weighted by Crippen LogP contribution is 2.41. The maximum atomic E-state index is 13.0. The van der Waals surface area contributed by atoms with Crippen molar-refractivity contribution in [1.29, 1.82) is 0 Å². The minimum absolute atomic E-state index is 0.110. The number of amides is 6. The molecule has 6 atom stereocenters. The van der Waals surface area contributed by atoms with E-state index in [4.69, 9.17) is 14.2 Å². The summed E-state index contributed by atoms with van der Waals surface area (Å²) < 4.78 is 18.3. The summed E-state index contributed by atoms with van der Waals surface area (Å²) in [5.74, 6) is 1.97. The molecule has 6 amide bonds. The topological polar surface area (TPSA) is 192 Å². The second-order valence-electron chi connectivity index (χ2n) is 22.0. The third kappa shape index (κ3) is 10.2. The van der Waals surface area contributed by atoms with Gasteiger partial charge in [0.1, 0.15) is 35.8 Å². The Morgan fingerprint density at radius 2 is 1.14 bits per heavy atom. The van der Waals surface area contributed by atoms with Crippen LogP contribution in [0.3, 0.4) is 0 Å². The minimum Gasteiger partial charge on any atom is -0.489 e. The monoisotopic (exact) mass is 1030 g/mol. The maximum absolute atomic E-state index is 13.0. The minimum atomic E-state index is -0.606. The van der Waals surface area contributed by atoms with Crippen LogP contribution in [0.4, 0.5) is 5.69 Å². The zero-order valence-electron chi connectivity index (χ0n) is 43.9. The van der Waals surface area contributed by atoms with Crippen molar-refractivity contribution in [1.82, 2.24) is 35.2 Å². The zero-order valence-corrected chi connectivity index (χ0v) is 43.9. The zero-order chi connectivity index (χ0) is 52.8. The molecule has 76 heavy (non-hydrogen) atoms. The molecule has 4 aromatic rings.